The van der Waals surface area contributed by atoms with Gasteiger partial charge < -0.3 is 9.73 Å². The van der Waals surface area contributed by atoms with E-state index in [9.17, 15) is 0 Å². The number of hydrogen-bond acceptors (Lipinski definition) is 5. The summed E-state index contributed by atoms with van der Waals surface area (Å²) in [7, 11) is 0. The van der Waals surface area contributed by atoms with Crippen molar-refractivity contribution < 1.29 is 4.42 Å². The molecule has 0 fully saturated rings. The Morgan fingerprint density at radius 3 is 2.16 bits per heavy atom. The molecule has 0 saturated heterocycles. The number of benzene rings is 6. The minimum atomic E-state index is 0.232. The maximum Gasteiger partial charge on any atom is 0.227 e. The molecule has 3 heterocycles. The predicted octanol–water partition coefficient (Wildman–Crippen LogP) is 10.7. The number of pyridine rings is 1. The van der Waals surface area contributed by atoms with Gasteiger partial charge >= 0.3 is 0 Å². The van der Waals surface area contributed by atoms with Gasteiger partial charge in [-0.15, -0.1) is 0 Å². The summed E-state index contributed by atoms with van der Waals surface area (Å²) in [5.41, 5.74) is 10.4. The molecule has 8 aromatic rings. The Kier molecular flexibility index (Phi) is 5.78. The van der Waals surface area contributed by atoms with Crippen LogP contribution in [0, 0.1) is 0 Å². The molecule has 0 spiro atoms. The van der Waals surface area contributed by atoms with Gasteiger partial charge in [0, 0.05) is 37.9 Å². The molecule has 5 heteroatoms. The topological polar surface area (TPSA) is 51.0 Å². The average molecular weight is 584 g/mol. The Morgan fingerprint density at radius 1 is 0.591 bits per heavy atom. The van der Waals surface area contributed by atoms with E-state index >= 15 is 0 Å². The predicted molar refractivity (Wildman–Crippen MR) is 182 cm³/mol. The largest absolute Gasteiger partial charge is 0.436 e. The Labute approximate surface area is 258 Å². The van der Waals surface area contributed by atoms with Crippen molar-refractivity contribution >= 4 is 50.2 Å². The van der Waals surface area contributed by atoms with Crippen molar-refractivity contribution in [2.75, 3.05) is 5.32 Å². The first-order chi connectivity index (χ1) is 21.8. The van der Waals surface area contributed by atoms with Crippen molar-refractivity contribution in [2.24, 2.45) is 0 Å². The van der Waals surface area contributed by atoms with Crippen LogP contribution < -0.4 is 5.32 Å². The van der Waals surface area contributed by atoms with Gasteiger partial charge in [0.1, 0.15) is 10.9 Å². The summed E-state index contributed by atoms with van der Waals surface area (Å²) in [5, 5.41) is 7.08. The summed E-state index contributed by atoms with van der Waals surface area (Å²) in [6, 6.07) is 48.5. The molecule has 208 valence electrons. The Bertz CT molecular complexity index is 2330. The highest BCUT2D eigenvalue weighted by Crippen LogP contribution is 2.48. The molecule has 1 aliphatic heterocycles. The van der Waals surface area contributed by atoms with Crippen molar-refractivity contribution in [1.82, 2.24) is 9.97 Å². The van der Waals surface area contributed by atoms with E-state index in [1.807, 2.05) is 54.2 Å². The van der Waals surface area contributed by atoms with E-state index < -0.39 is 0 Å². The van der Waals surface area contributed by atoms with Gasteiger partial charge in [-0.2, -0.15) is 0 Å². The maximum absolute atomic E-state index is 6.25. The monoisotopic (exact) mass is 583 g/mol. The van der Waals surface area contributed by atoms with Gasteiger partial charge in [0.15, 0.2) is 5.58 Å². The van der Waals surface area contributed by atoms with Crippen LogP contribution in [0.5, 0.6) is 0 Å². The second-order valence-electron chi connectivity index (χ2n) is 11.0. The van der Waals surface area contributed by atoms with Crippen LogP contribution in [0.3, 0.4) is 0 Å². The molecule has 0 aliphatic carbocycles. The van der Waals surface area contributed by atoms with E-state index in [1.54, 1.807) is 0 Å². The van der Waals surface area contributed by atoms with Gasteiger partial charge in [-0.3, -0.25) is 0 Å². The molecule has 0 amide bonds. The smallest absolute Gasteiger partial charge is 0.227 e. The van der Waals surface area contributed by atoms with Crippen LogP contribution in [0.4, 0.5) is 5.69 Å². The summed E-state index contributed by atoms with van der Waals surface area (Å²) in [6.07, 6.45) is 0. The molecule has 9 rings (SSSR count). The highest BCUT2D eigenvalue weighted by Gasteiger charge is 2.23. The molecule has 1 N–H and O–H groups in total. The first-order valence-corrected chi connectivity index (χ1v) is 15.6. The molecule has 4 nitrogen and oxygen atoms in total. The van der Waals surface area contributed by atoms with Crippen LogP contribution in [0.25, 0.3) is 66.6 Å². The van der Waals surface area contributed by atoms with Crippen molar-refractivity contribution in [3.63, 3.8) is 0 Å². The quantitative estimate of drug-likeness (QED) is 0.209. The fourth-order valence-corrected chi connectivity index (χ4v) is 7.35. The van der Waals surface area contributed by atoms with Crippen molar-refractivity contribution in [3.05, 3.63) is 145 Å². The third-order valence-electron chi connectivity index (χ3n) is 8.35. The van der Waals surface area contributed by atoms with Gasteiger partial charge in [0.2, 0.25) is 5.89 Å². The molecule has 0 saturated carbocycles. The number of fused-ring (bicyclic) bond motifs is 6. The number of nitrogens with zero attached hydrogens (tertiary/aromatic N) is 2. The average Bonchev–Trinajstić information content (AvgIpc) is 3.73. The Hall–Kier alpha value is -5.39. The van der Waals surface area contributed by atoms with E-state index in [0.29, 0.717) is 5.89 Å². The summed E-state index contributed by atoms with van der Waals surface area (Å²) < 4.78 is 6.25. The number of rotatable bonds is 4. The third-order valence-corrected chi connectivity index (χ3v) is 9.57. The number of hydrogen-bond donors (Lipinski definition) is 1. The summed E-state index contributed by atoms with van der Waals surface area (Å²) in [4.78, 5) is 11.4. The normalized spacial score (nSPS) is 14.2. The minimum Gasteiger partial charge on any atom is -0.436 e. The van der Waals surface area contributed by atoms with Crippen LogP contribution in [0.15, 0.2) is 149 Å². The SMILES string of the molecule is c1ccc(-c2nc3c(ccc4c(-c5ccc(-c6ccc7c(c6)SC(c6ccccc6)N7)cc5)nc5ccccc5c43)o2)cc1. The molecule has 0 bridgehead atoms. The number of oxazole rings is 1. The van der Waals surface area contributed by atoms with Gasteiger partial charge in [-0.25, -0.2) is 9.97 Å². The first-order valence-electron chi connectivity index (χ1n) is 14.7. The van der Waals surface area contributed by atoms with Crippen LogP contribution in [-0.2, 0) is 0 Å². The van der Waals surface area contributed by atoms with Crippen LogP contribution in [0.2, 0.25) is 0 Å². The van der Waals surface area contributed by atoms with Crippen molar-refractivity contribution in [1.29, 1.82) is 0 Å². The van der Waals surface area contributed by atoms with Crippen molar-refractivity contribution in [2.45, 2.75) is 10.3 Å². The highest BCUT2D eigenvalue weighted by molar-refractivity contribution is 8.00. The lowest BCUT2D eigenvalue weighted by atomic mass is 9.97. The second kappa shape index (κ2) is 10.1. The maximum atomic E-state index is 6.25. The molecular formula is C39H25N3OS. The molecular weight excluding hydrogens is 559 g/mol. The molecule has 44 heavy (non-hydrogen) atoms. The molecule has 6 aromatic carbocycles. The van der Waals surface area contributed by atoms with Crippen LogP contribution in [-0.4, -0.2) is 9.97 Å². The zero-order valence-corrected chi connectivity index (χ0v) is 24.4. The van der Waals surface area contributed by atoms with Gasteiger partial charge in [0.05, 0.1) is 11.2 Å². The van der Waals surface area contributed by atoms with E-state index in [-0.39, 0.29) is 5.37 Å². The molecule has 1 unspecified atom stereocenters. The van der Waals surface area contributed by atoms with Crippen molar-refractivity contribution in [3.8, 4) is 33.8 Å². The highest BCUT2D eigenvalue weighted by atomic mass is 32.2. The summed E-state index contributed by atoms with van der Waals surface area (Å²) in [5.74, 6) is 0.623. The lowest BCUT2D eigenvalue weighted by Crippen LogP contribution is -2.00. The zero-order valence-electron chi connectivity index (χ0n) is 23.6. The number of anilines is 1. The number of thioether (sulfide) groups is 1. The zero-order chi connectivity index (χ0) is 29.0. The van der Waals surface area contributed by atoms with Gasteiger partial charge in [-0.05, 0) is 59.2 Å². The fraction of sp³-hybridized carbons (Fsp3) is 0.0256. The van der Waals surface area contributed by atoms with E-state index in [1.165, 1.54) is 27.3 Å². The molecule has 2 aromatic heterocycles. The van der Waals surface area contributed by atoms with E-state index in [4.69, 9.17) is 14.4 Å². The van der Waals surface area contributed by atoms with Gasteiger partial charge in [-0.1, -0.05) is 109 Å². The molecule has 1 atom stereocenters. The number of nitrogens with one attached hydrogen (secondary N) is 1. The van der Waals surface area contributed by atoms with Gasteiger partial charge in [0.25, 0.3) is 0 Å². The minimum absolute atomic E-state index is 0.232. The van der Waals surface area contributed by atoms with E-state index in [2.05, 4.69) is 102 Å². The van der Waals surface area contributed by atoms with E-state index in [0.717, 1.165) is 49.6 Å². The van der Waals surface area contributed by atoms with Crippen LogP contribution >= 0.6 is 11.8 Å². The first kappa shape index (κ1) is 25.1. The Morgan fingerprint density at radius 2 is 1.32 bits per heavy atom. The Balaban J connectivity index is 1.12. The number of aromatic nitrogens is 2. The number of para-hydroxylation sites is 1. The molecule has 0 radical (unpaired) electrons. The lowest BCUT2D eigenvalue weighted by molar-refractivity contribution is 0.620. The third kappa shape index (κ3) is 4.16. The molecule has 1 aliphatic rings. The second-order valence-corrected chi connectivity index (χ2v) is 12.2. The summed E-state index contributed by atoms with van der Waals surface area (Å²) >= 11 is 1.87. The standard InChI is InChI=1S/C39H25N3OS/c1-3-9-26(10-4-1)38-42-37-33(43-38)22-20-30-35(37)29-13-7-8-14-31(29)40-36(30)25-17-15-24(16-18-25)28-19-21-32-34(23-28)44-39(41-32)27-11-5-2-6-12-27/h1-23,39,41H. The lowest BCUT2D eigenvalue weighted by Gasteiger charge is -2.11. The summed E-state index contributed by atoms with van der Waals surface area (Å²) in [6.45, 7) is 0. The van der Waals surface area contributed by atoms with Crippen LogP contribution in [0.1, 0.15) is 10.9 Å². The fourth-order valence-electron chi connectivity index (χ4n) is 6.17.